The lowest BCUT2D eigenvalue weighted by atomic mass is 10.1. The molecule has 0 saturated carbocycles. The summed E-state index contributed by atoms with van der Waals surface area (Å²) in [6.45, 7) is 3.84. The van der Waals surface area contributed by atoms with E-state index in [0.29, 0.717) is 5.56 Å². The smallest absolute Gasteiger partial charge is 0.240 e. The minimum atomic E-state index is -3.49. The van der Waals surface area contributed by atoms with E-state index < -0.39 is 10.0 Å². The SMILES string of the molecule is CCCCCC(C)NS(=O)(=O)c1cccc(CO)c1. The summed E-state index contributed by atoms with van der Waals surface area (Å²) in [5, 5.41) is 9.04. The molecule has 1 unspecified atom stereocenters. The summed E-state index contributed by atoms with van der Waals surface area (Å²) >= 11 is 0. The molecule has 5 heteroatoms. The Morgan fingerprint density at radius 1 is 1.32 bits per heavy atom. The summed E-state index contributed by atoms with van der Waals surface area (Å²) < 4.78 is 27.0. The number of sulfonamides is 1. The zero-order chi connectivity index (χ0) is 14.3. The Balaban J connectivity index is 2.69. The molecule has 0 radical (unpaired) electrons. The van der Waals surface area contributed by atoms with E-state index in [2.05, 4.69) is 11.6 Å². The van der Waals surface area contributed by atoms with E-state index in [1.807, 2.05) is 6.92 Å². The summed E-state index contributed by atoms with van der Waals surface area (Å²) in [6.07, 6.45) is 4.10. The largest absolute Gasteiger partial charge is 0.392 e. The molecule has 0 aliphatic heterocycles. The van der Waals surface area contributed by atoms with Gasteiger partial charge in [-0.15, -0.1) is 0 Å². The van der Waals surface area contributed by atoms with E-state index in [1.54, 1.807) is 18.2 Å². The third-order valence-corrected chi connectivity index (χ3v) is 4.58. The maximum atomic E-state index is 12.2. The van der Waals surface area contributed by atoms with Gasteiger partial charge in [-0.05, 0) is 31.0 Å². The molecule has 1 rings (SSSR count). The molecule has 4 nitrogen and oxygen atoms in total. The van der Waals surface area contributed by atoms with Crippen LogP contribution in [0.1, 0.15) is 45.1 Å². The van der Waals surface area contributed by atoms with Crippen LogP contribution in [0, 0.1) is 0 Å². The second-order valence-corrected chi connectivity index (χ2v) is 6.54. The second kappa shape index (κ2) is 7.62. The van der Waals surface area contributed by atoms with Gasteiger partial charge in [0.05, 0.1) is 11.5 Å². The van der Waals surface area contributed by atoms with Crippen molar-refractivity contribution in [1.82, 2.24) is 4.72 Å². The van der Waals surface area contributed by atoms with E-state index in [4.69, 9.17) is 5.11 Å². The lowest BCUT2D eigenvalue weighted by Gasteiger charge is -2.14. The van der Waals surface area contributed by atoms with Gasteiger partial charge in [-0.25, -0.2) is 13.1 Å². The summed E-state index contributed by atoms with van der Waals surface area (Å²) in [7, 11) is -3.49. The lowest BCUT2D eigenvalue weighted by molar-refractivity contribution is 0.281. The molecule has 0 spiro atoms. The monoisotopic (exact) mass is 285 g/mol. The third-order valence-electron chi connectivity index (χ3n) is 2.99. The number of aliphatic hydroxyl groups excluding tert-OH is 1. The van der Waals surface area contributed by atoms with Gasteiger partial charge in [0.15, 0.2) is 0 Å². The number of rotatable bonds is 8. The first kappa shape index (κ1) is 16.1. The molecule has 0 bridgehead atoms. The van der Waals surface area contributed by atoms with Gasteiger partial charge in [0, 0.05) is 6.04 Å². The molecular formula is C14H23NO3S. The molecular weight excluding hydrogens is 262 g/mol. The summed E-state index contributed by atoms with van der Waals surface area (Å²) in [5.41, 5.74) is 0.599. The van der Waals surface area contributed by atoms with Crippen LogP contribution in [0.25, 0.3) is 0 Å². The molecule has 0 saturated heterocycles. The number of unbranched alkanes of at least 4 members (excludes halogenated alkanes) is 2. The fraction of sp³-hybridized carbons (Fsp3) is 0.571. The molecule has 108 valence electrons. The normalized spacial score (nSPS) is 13.4. The van der Waals surface area contributed by atoms with E-state index in [-0.39, 0.29) is 17.5 Å². The van der Waals surface area contributed by atoms with E-state index in [9.17, 15) is 8.42 Å². The van der Waals surface area contributed by atoms with Crippen LogP contribution < -0.4 is 4.72 Å². The van der Waals surface area contributed by atoms with Crippen LogP contribution in [0.2, 0.25) is 0 Å². The molecule has 0 amide bonds. The van der Waals surface area contributed by atoms with Crippen molar-refractivity contribution in [1.29, 1.82) is 0 Å². The average molecular weight is 285 g/mol. The zero-order valence-corrected chi connectivity index (χ0v) is 12.4. The first-order valence-corrected chi connectivity index (χ1v) is 8.20. The van der Waals surface area contributed by atoms with Crippen molar-refractivity contribution in [2.24, 2.45) is 0 Å². The van der Waals surface area contributed by atoms with Gasteiger partial charge in [0.1, 0.15) is 0 Å². The van der Waals surface area contributed by atoms with Crippen molar-refractivity contribution >= 4 is 10.0 Å². The highest BCUT2D eigenvalue weighted by atomic mass is 32.2. The van der Waals surface area contributed by atoms with Crippen molar-refractivity contribution in [2.75, 3.05) is 0 Å². The zero-order valence-electron chi connectivity index (χ0n) is 11.6. The fourth-order valence-corrected chi connectivity index (χ4v) is 3.25. The van der Waals surface area contributed by atoms with Crippen molar-refractivity contribution in [2.45, 2.75) is 57.1 Å². The Morgan fingerprint density at radius 2 is 2.05 bits per heavy atom. The fourth-order valence-electron chi connectivity index (χ4n) is 1.90. The van der Waals surface area contributed by atoms with Gasteiger partial charge in [0.25, 0.3) is 0 Å². The van der Waals surface area contributed by atoms with Crippen molar-refractivity contribution in [3.8, 4) is 0 Å². The van der Waals surface area contributed by atoms with Crippen LogP contribution in [-0.4, -0.2) is 19.6 Å². The van der Waals surface area contributed by atoms with Crippen LogP contribution >= 0.6 is 0 Å². The Morgan fingerprint density at radius 3 is 2.68 bits per heavy atom. The molecule has 0 fully saturated rings. The highest BCUT2D eigenvalue weighted by molar-refractivity contribution is 7.89. The van der Waals surface area contributed by atoms with E-state index in [0.717, 1.165) is 25.7 Å². The summed E-state index contributed by atoms with van der Waals surface area (Å²) in [5.74, 6) is 0. The summed E-state index contributed by atoms with van der Waals surface area (Å²) in [6, 6.07) is 6.31. The molecule has 0 aliphatic carbocycles. The Kier molecular flexibility index (Phi) is 6.48. The van der Waals surface area contributed by atoms with Crippen LogP contribution in [0.15, 0.2) is 29.2 Å². The predicted molar refractivity (Wildman–Crippen MR) is 76.3 cm³/mol. The van der Waals surface area contributed by atoms with Gasteiger partial charge < -0.3 is 5.11 Å². The summed E-state index contributed by atoms with van der Waals surface area (Å²) in [4.78, 5) is 0.210. The van der Waals surface area contributed by atoms with E-state index >= 15 is 0 Å². The maximum absolute atomic E-state index is 12.2. The minimum absolute atomic E-state index is 0.0747. The molecule has 1 atom stereocenters. The molecule has 2 N–H and O–H groups in total. The van der Waals surface area contributed by atoms with Gasteiger partial charge in [-0.3, -0.25) is 0 Å². The maximum Gasteiger partial charge on any atom is 0.240 e. The van der Waals surface area contributed by atoms with Gasteiger partial charge >= 0.3 is 0 Å². The van der Waals surface area contributed by atoms with Gasteiger partial charge in [0.2, 0.25) is 10.0 Å². The molecule has 1 aromatic rings. The highest BCUT2D eigenvalue weighted by Crippen LogP contribution is 2.13. The van der Waals surface area contributed by atoms with Crippen molar-refractivity contribution < 1.29 is 13.5 Å². The van der Waals surface area contributed by atoms with Crippen LogP contribution in [0.5, 0.6) is 0 Å². The van der Waals surface area contributed by atoms with Gasteiger partial charge in [-0.1, -0.05) is 38.3 Å². The second-order valence-electron chi connectivity index (χ2n) is 4.82. The third kappa shape index (κ3) is 5.30. The van der Waals surface area contributed by atoms with Crippen LogP contribution in [0.4, 0.5) is 0 Å². The topological polar surface area (TPSA) is 66.4 Å². The quantitative estimate of drug-likeness (QED) is 0.721. The van der Waals surface area contributed by atoms with Gasteiger partial charge in [-0.2, -0.15) is 0 Å². The predicted octanol–water partition coefficient (Wildman–Crippen LogP) is 2.43. The average Bonchev–Trinajstić information content (AvgIpc) is 2.38. The standard InChI is InChI=1S/C14H23NO3S/c1-3-4-5-7-12(2)15-19(17,18)14-9-6-8-13(10-14)11-16/h6,8-10,12,15-16H,3-5,7,11H2,1-2H3. The number of aliphatic hydroxyl groups is 1. The molecule has 0 aromatic heterocycles. The number of benzene rings is 1. The van der Waals surface area contributed by atoms with Crippen molar-refractivity contribution in [3.05, 3.63) is 29.8 Å². The molecule has 0 heterocycles. The first-order chi connectivity index (χ1) is 8.99. The molecule has 1 aromatic carbocycles. The van der Waals surface area contributed by atoms with Crippen LogP contribution in [-0.2, 0) is 16.6 Å². The van der Waals surface area contributed by atoms with E-state index in [1.165, 1.54) is 6.07 Å². The highest BCUT2D eigenvalue weighted by Gasteiger charge is 2.17. The Bertz CT molecular complexity index is 485. The van der Waals surface area contributed by atoms with Crippen molar-refractivity contribution in [3.63, 3.8) is 0 Å². The Hall–Kier alpha value is -0.910. The minimum Gasteiger partial charge on any atom is -0.392 e. The number of hydrogen-bond acceptors (Lipinski definition) is 3. The molecule has 19 heavy (non-hydrogen) atoms. The first-order valence-electron chi connectivity index (χ1n) is 6.71. The Labute approximate surface area is 115 Å². The molecule has 0 aliphatic rings. The number of nitrogens with one attached hydrogen (secondary N) is 1. The lowest BCUT2D eigenvalue weighted by Crippen LogP contribution is -2.32. The van der Waals surface area contributed by atoms with Crippen LogP contribution in [0.3, 0.4) is 0 Å². The number of hydrogen-bond donors (Lipinski definition) is 2.